The summed E-state index contributed by atoms with van der Waals surface area (Å²) < 4.78 is 27.6. The van der Waals surface area contributed by atoms with E-state index in [1.54, 1.807) is 26.8 Å². The number of carbonyl (C=O) groups is 1. The lowest BCUT2D eigenvalue weighted by Gasteiger charge is -2.31. The molecule has 1 aromatic rings. The van der Waals surface area contributed by atoms with E-state index in [0.717, 1.165) is 12.1 Å². The molecule has 1 aromatic carbocycles. The first-order chi connectivity index (χ1) is 9.15. The van der Waals surface area contributed by atoms with E-state index in [9.17, 15) is 13.6 Å². The average Bonchev–Trinajstić information content (AvgIpc) is 2.30. The van der Waals surface area contributed by atoms with Gasteiger partial charge in [-0.1, -0.05) is 20.8 Å². The van der Waals surface area contributed by atoms with Gasteiger partial charge in [-0.3, -0.25) is 4.79 Å². The highest BCUT2D eigenvalue weighted by Gasteiger charge is 2.28. The van der Waals surface area contributed by atoms with Crippen molar-refractivity contribution >= 4 is 11.7 Å². The Hall–Kier alpha value is -2.16. The van der Waals surface area contributed by atoms with Gasteiger partial charge in [-0.05, 0) is 17.5 Å². The summed E-state index contributed by atoms with van der Waals surface area (Å²) in [5.41, 5.74) is -1.05. The minimum atomic E-state index is -1.06. The smallest absolute Gasteiger partial charge is 0.305 e. The van der Waals surface area contributed by atoms with E-state index in [2.05, 4.69) is 5.32 Å². The van der Waals surface area contributed by atoms with Gasteiger partial charge in [0.1, 0.15) is 5.69 Å². The second kappa shape index (κ2) is 5.87. The van der Waals surface area contributed by atoms with Crippen LogP contribution in [0, 0.1) is 28.4 Å². The van der Waals surface area contributed by atoms with Crippen molar-refractivity contribution in [1.29, 1.82) is 5.26 Å². The maximum absolute atomic E-state index is 13.8. The molecule has 1 unspecified atom stereocenters. The lowest BCUT2D eigenvalue weighted by molar-refractivity contribution is -0.137. The lowest BCUT2D eigenvalue weighted by Crippen LogP contribution is -2.36. The van der Waals surface area contributed by atoms with Crippen LogP contribution < -0.4 is 5.32 Å². The number of anilines is 1. The number of nitrogens with one attached hydrogen (secondary N) is 1. The zero-order valence-corrected chi connectivity index (χ0v) is 11.5. The molecule has 0 aliphatic rings. The fourth-order valence-corrected chi connectivity index (χ4v) is 1.70. The molecule has 20 heavy (non-hydrogen) atoms. The van der Waals surface area contributed by atoms with Crippen molar-refractivity contribution in [2.24, 2.45) is 5.41 Å². The van der Waals surface area contributed by atoms with Gasteiger partial charge in [0.25, 0.3) is 0 Å². The largest absolute Gasteiger partial charge is 0.481 e. The molecule has 0 amide bonds. The van der Waals surface area contributed by atoms with Crippen LogP contribution in [-0.2, 0) is 4.79 Å². The number of hydrogen-bond acceptors (Lipinski definition) is 3. The fraction of sp³-hybridized carbons (Fsp3) is 0.429. The van der Waals surface area contributed by atoms with Crippen molar-refractivity contribution in [3.8, 4) is 6.07 Å². The minimum Gasteiger partial charge on any atom is -0.481 e. The Labute approximate surface area is 116 Å². The third-order valence-corrected chi connectivity index (χ3v) is 2.91. The Morgan fingerprint density at radius 3 is 2.25 bits per heavy atom. The number of halogens is 2. The van der Waals surface area contributed by atoms with Crippen LogP contribution in [0.25, 0.3) is 0 Å². The van der Waals surface area contributed by atoms with Crippen LogP contribution in [0.5, 0.6) is 0 Å². The molecule has 0 aromatic heterocycles. The summed E-state index contributed by atoms with van der Waals surface area (Å²) in [5, 5.41) is 20.1. The first-order valence-electron chi connectivity index (χ1n) is 6.02. The van der Waals surface area contributed by atoms with Crippen molar-refractivity contribution < 1.29 is 18.7 Å². The number of nitrogens with zero attached hydrogens (tertiary/aromatic N) is 1. The third-order valence-electron chi connectivity index (χ3n) is 2.91. The van der Waals surface area contributed by atoms with E-state index >= 15 is 0 Å². The number of nitriles is 1. The van der Waals surface area contributed by atoms with Gasteiger partial charge in [0.05, 0.1) is 18.1 Å². The second-order valence-electron chi connectivity index (χ2n) is 5.59. The van der Waals surface area contributed by atoms with Crippen LogP contribution in [0.2, 0.25) is 0 Å². The van der Waals surface area contributed by atoms with Crippen molar-refractivity contribution in [2.45, 2.75) is 33.2 Å². The molecule has 0 saturated carbocycles. The molecular formula is C14H16F2N2O2. The number of carboxylic acid groups (broad SMARTS) is 1. The molecule has 0 aliphatic heterocycles. The summed E-state index contributed by atoms with van der Waals surface area (Å²) in [4.78, 5) is 10.8. The third kappa shape index (κ3) is 3.92. The molecule has 108 valence electrons. The van der Waals surface area contributed by atoms with Gasteiger partial charge >= 0.3 is 5.97 Å². The Morgan fingerprint density at radius 2 is 1.90 bits per heavy atom. The quantitative estimate of drug-likeness (QED) is 0.889. The first-order valence-corrected chi connectivity index (χ1v) is 6.02. The van der Waals surface area contributed by atoms with Crippen LogP contribution in [0.4, 0.5) is 14.5 Å². The lowest BCUT2D eigenvalue weighted by atomic mass is 9.84. The van der Waals surface area contributed by atoms with Crippen molar-refractivity contribution in [3.05, 3.63) is 29.3 Å². The Bertz CT molecular complexity index is 536. The predicted octanol–water partition coefficient (Wildman–Crippen LogP) is 3.14. The number of benzene rings is 1. The number of hydrogen-bond donors (Lipinski definition) is 2. The van der Waals surface area contributed by atoms with Gasteiger partial charge in [0.2, 0.25) is 0 Å². The number of carboxylic acids is 1. The molecular weight excluding hydrogens is 266 g/mol. The van der Waals surface area contributed by atoms with Gasteiger partial charge in [0.15, 0.2) is 11.6 Å². The maximum atomic E-state index is 13.8. The van der Waals surface area contributed by atoms with Crippen LogP contribution >= 0.6 is 0 Å². The highest BCUT2D eigenvalue weighted by molar-refractivity contribution is 5.68. The van der Waals surface area contributed by atoms with Gasteiger partial charge in [-0.2, -0.15) is 5.26 Å². The highest BCUT2D eigenvalue weighted by Crippen LogP contribution is 2.29. The van der Waals surface area contributed by atoms with Crippen LogP contribution in [-0.4, -0.2) is 17.1 Å². The van der Waals surface area contributed by atoms with E-state index in [4.69, 9.17) is 10.4 Å². The Morgan fingerprint density at radius 1 is 1.40 bits per heavy atom. The van der Waals surface area contributed by atoms with E-state index < -0.39 is 34.7 Å². The van der Waals surface area contributed by atoms with Crippen molar-refractivity contribution in [1.82, 2.24) is 0 Å². The molecule has 0 aliphatic carbocycles. The van der Waals surface area contributed by atoms with E-state index in [1.165, 1.54) is 0 Å². The molecule has 0 spiro atoms. The molecule has 2 N–H and O–H groups in total. The van der Waals surface area contributed by atoms with Gasteiger partial charge in [0, 0.05) is 6.04 Å². The van der Waals surface area contributed by atoms with E-state index in [-0.39, 0.29) is 12.0 Å². The van der Waals surface area contributed by atoms with E-state index in [0.29, 0.717) is 0 Å². The zero-order valence-electron chi connectivity index (χ0n) is 11.5. The summed E-state index contributed by atoms with van der Waals surface area (Å²) in [6.45, 7) is 5.31. The van der Waals surface area contributed by atoms with Crippen LogP contribution in [0.3, 0.4) is 0 Å². The molecule has 4 nitrogen and oxygen atoms in total. The highest BCUT2D eigenvalue weighted by atomic mass is 19.1. The van der Waals surface area contributed by atoms with E-state index in [1.807, 2.05) is 0 Å². The summed E-state index contributed by atoms with van der Waals surface area (Å²) >= 11 is 0. The molecule has 0 radical (unpaired) electrons. The molecule has 0 saturated heterocycles. The second-order valence-corrected chi connectivity index (χ2v) is 5.59. The molecule has 0 fully saturated rings. The summed E-state index contributed by atoms with van der Waals surface area (Å²) in [6.07, 6.45) is -0.275. The maximum Gasteiger partial charge on any atom is 0.305 e. The molecule has 6 heteroatoms. The Kier molecular flexibility index (Phi) is 4.66. The average molecular weight is 282 g/mol. The first kappa shape index (κ1) is 15.9. The SMILES string of the molecule is CC(C)(C)C(CC(=O)O)Nc1c(F)cc(C#N)cc1F. The molecule has 0 bridgehead atoms. The normalized spacial score (nSPS) is 12.6. The topological polar surface area (TPSA) is 73.1 Å². The molecule has 0 heterocycles. The zero-order chi connectivity index (χ0) is 15.5. The van der Waals surface area contributed by atoms with Crippen molar-refractivity contribution in [3.63, 3.8) is 0 Å². The summed E-state index contributed by atoms with van der Waals surface area (Å²) in [7, 11) is 0. The Balaban J connectivity index is 3.12. The summed E-state index contributed by atoms with van der Waals surface area (Å²) in [6, 6.07) is 2.81. The minimum absolute atomic E-state index is 0.129. The van der Waals surface area contributed by atoms with Crippen LogP contribution in [0.1, 0.15) is 32.8 Å². The van der Waals surface area contributed by atoms with Gasteiger partial charge in [-0.25, -0.2) is 8.78 Å². The van der Waals surface area contributed by atoms with Crippen LogP contribution in [0.15, 0.2) is 12.1 Å². The number of aliphatic carboxylic acids is 1. The standard InChI is InChI=1S/C14H16F2N2O2/c1-14(2,3)11(6-12(19)20)18-13-9(15)4-8(7-17)5-10(13)16/h4-5,11,18H,6H2,1-3H3,(H,19,20). The fourth-order valence-electron chi connectivity index (χ4n) is 1.70. The van der Waals surface area contributed by atoms with Gasteiger partial charge < -0.3 is 10.4 Å². The monoisotopic (exact) mass is 282 g/mol. The summed E-state index contributed by atoms with van der Waals surface area (Å²) in [5.74, 6) is -2.89. The predicted molar refractivity (Wildman–Crippen MR) is 70.2 cm³/mol. The molecule has 1 rings (SSSR count). The number of rotatable bonds is 4. The van der Waals surface area contributed by atoms with Crippen molar-refractivity contribution in [2.75, 3.05) is 5.32 Å². The van der Waals surface area contributed by atoms with Gasteiger partial charge in [-0.15, -0.1) is 0 Å². The molecule has 1 atom stereocenters.